The number of hydrogen-bond donors (Lipinski definition) is 0. The van der Waals surface area contributed by atoms with Gasteiger partial charge >= 0.3 is 17.9 Å². The molecule has 0 aromatic carbocycles. The van der Waals surface area contributed by atoms with Gasteiger partial charge in [0.25, 0.3) is 0 Å². The molecule has 372 valence electrons. The maximum atomic E-state index is 12.7. The summed E-state index contributed by atoms with van der Waals surface area (Å²) in [5.41, 5.74) is 0. The number of hydrogen-bond acceptors (Lipinski definition) is 6. The van der Waals surface area contributed by atoms with Crippen molar-refractivity contribution in [1.82, 2.24) is 0 Å². The molecule has 0 rings (SSSR count). The van der Waals surface area contributed by atoms with Gasteiger partial charge in [0.05, 0.1) is 6.42 Å². The van der Waals surface area contributed by atoms with Gasteiger partial charge in [-0.3, -0.25) is 14.4 Å². The van der Waals surface area contributed by atoms with E-state index in [9.17, 15) is 14.4 Å². The van der Waals surface area contributed by atoms with Gasteiger partial charge in [0.15, 0.2) is 6.10 Å². The fourth-order valence-corrected chi connectivity index (χ4v) is 6.84. The second kappa shape index (κ2) is 53.4. The Morgan fingerprint density at radius 3 is 1.00 bits per heavy atom. The predicted molar refractivity (Wildman–Crippen MR) is 283 cm³/mol. The highest BCUT2D eigenvalue weighted by Gasteiger charge is 2.19. The monoisotopic (exact) mass is 913 g/mol. The van der Waals surface area contributed by atoms with Crippen LogP contribution in [0.3, 0.4) is 0 Å². The van der Waals surface area contributed by atoms with Crippen LogP contribution in [0, 0.1) is 0 Å². The topological polar surface area (TPSA) is 78.9 Å². The van der Waals surface area contributed by atoms with Crippen LogP contribution in [0.5, 0.6) is 0 Å². The van der Waals surface area contributed by atoms with Gasteiger partial charge in [-0.05, 0) is 89.9 Å². The number of carbonyl (C=O) groups is 3. The van der Waals surface area contributed by atoms with Gasteiger partial charge in [0.2, 0.25) is 0 Å². The van der Waals surface area contributed by atoms with Crippen LogP contribution in [0.25, 0.3) is 0 Å². The smallest absolute Gasteiger partial charge is 0.310 e. The minimum atomic E-state index is -0.842. The van der Waals surface area contributed by atoms with Crippen LogP contribution in [0.15, 0.2) is 122 Å². The average Bonchev–Trinajstić information content (AvgIpc) is 3.31. The Kier molecular flexibility index (Phi) is 50.0. The summed E-state index contributed by atoms with van der Waals surface area (Å²) < 4.78 is 16.7. The van der Waals surface area contributed by atoms with Crippen molar-refractivity contribution in [3.05, 3.63) is 122 Å². The van der Waals surface area contributed by atoms with E-state index in [0.29, 0.717) is 19.3 Å². The molecular formula is C60H96O6. The summed E-state index contributed by atoms with van der Waals surface area (Å²) in [7, 11) is 0. The highest BCUT2D eigenvalue weighted by molar-refractivity contribution is 5.72. The third kappa shape index (κ3) is 50.8. The fourth-order valence-electron chi connectivity index (χ4n) is 6.84. The normalized spacial score (nSPS) is 13.1. The Labute approximate surface area is 405 Å². The molecule has 0 saturated heterocycles. The van der Waals surface area contributed by atoms with E-state index in [1.807, 2.05) is 6.08 Å². The zero-order valence-corrected chi connectivity index (χ0v) is 42.4. The molecule has 1 atom stereocenters. The Hall–Kier alpha value is -4.19. The van der Waals surface area contributed by atoms with E-state index in [0.717, 1.165) is 116 Å². The molecule has 1 unspecified atom stereocenters. The lowest BCUT2D eigenvalue weighted by atomic mass is 10.0. The molecule has 0 saturated carbocycles. The summed E-state index contributed by atoms with van der Waals surface area (Å²) in [6.07, 6.45) is 73.5. The Morgan fingerprint density at radius 1 is 0.333 bits per heavy atom. The van der Waals surface area contributed by atoms with E-state index in [1.165, 1.54) is 57.8 Å². The highest BCUT2D eigenvalue weighted by Crippen LogP contribution is 2.14. The van der Waals surface area contributed by atoms with Gasteiger partial charge in [0, 0.05) is 12.8 Å². The lowest BCUT2D eigenvalue weighted by molar-refractivity contribution is -0.166. The molecule has 0 amide bonds. The lowest BCUT2D eigenvalue weighted by Crippen LogP contribution is -2.30. The maximum absolute atomic E-state index is 12.7. The largest absolute Gasteiger partial charge is 0.462 e. The first-order chi connectivity index (χ1) is 32.5. The number of allylic oxidation sites excluding steroid dienone is 19. The van der Waals surface area contributed by atoms with Crippen LogP contribution in [0.1, 0.15) is 220 Å². The van der Waals surface area contributed by atoms with Gasteiger partial charge in [-0.2, -0.15) is 0 Å². The van der Waals surface area contributed by atoms with Gasteiger partial charge in [-0.25, -0.2) is 0 Å². The second-order valence-electron chi connectivity index (χ2n) is 17.0. The van der Waals surface area contributed by atoms with Crippen LogP contribution in [0.2, 0.25) is 0 Å². The molecule has 0 fully saturated rings. The summed E-state index contributed by atoms with van der Waals surface area (Å²) in [5, 5.41) is 0. The van der Waals surface area contributed by atoms with Crippen molar-refractivity contribution >= 4 is 17.9 Å². The molecule has 0 aliphatic carbocycles. The van der Waals surface area contributed by atoms with E-state index in [-0.39, 0.29) is 31.6 Å². The first-order valence-corrected chi connectivity index (χ1v) is 26.5. The Balaban J connectivity index is 4.51. The summed E-state index contributed by atoms with van der Waals surface area (Å²) in [6.45, 7) is 6.29. The molecule has 0 aliphatic rings. The zero-order chi connectivity index (χ0) is 47.9. The van der Waals surface area contributed by atoms with Gasteiger partial charge in [0.1, 0.15) is 13.2 Å². The third-order valence-electron chi connectivity index (χ3n) is 10.7. The van der Waals surface area contributed by atoms with Crippen molar-refractivity contribution in [2.24, 2.45) is 0 Å². The molecule has 0 aromatic rings. The van der Waals surface area contributed by atoms with Gasteiger partial charge in [-0.1, -0.05) is 232 Å². The molecule has 66 heavy (non-hydrogen) atoms. The quantitative estimate of drug-likeness (QED) is 0.0262. The summed E-state index contributed by atoms with van der Waals surface area (Å²) in [4.78, 5) is 37.9. The van der Waals surface area contributed by atoms with Crippen LogP contribution in [0.4, 0.5) is 0 Å². The fraction of sp³-hybridized carbons (Fsp3) is 0.617. The molecule has 6 nitrogen and oxygen atoms in total. The standard InChI is InChI=1S/C60H96O6/c1-4-7-10-13-16-19-22-25-27-28-29-30-31-32-34-35-38-41-44-47-50-53-59(62)65-56-57(55-64-58(61)52-49-46-43-40-37-24-21-18-15-12-9-6-3)66-60(63)54-51-48-45-42-39-36-33-26-23-20-17-14-11-8-5-2/h7-8,10-11,16-17,19-20,25-27,29-30,32-34,39,42,48,51,57H,4-6,9,12-15,18,21-24,28,31,35-38,40-41,43-47,49-50,52-56H2,1-3H3/b10-7-,11-8-,19-16-,20-17-,27-25-,30-29-,33-26-,34-32-,42-39-,51-48-. The lowest BCUT2D eigenvalue weighted by Gasteiger charge is -2.18. The van der Waals surface area contributed by atoms with E-state index in [1.54, 1.807) is 6.08 Å². The van der Waals surface area contributed by atoms with Crippen molar-refractivity contribution < 1.29 is 28.6 Å². The van der Waals surface area contributed by atoms with Crippen molar-refractivity contribution in [1.29, 1.82) is 0 Å². The van der Waals surface area contributed by atoms with Crippen LogP contribution < -0.4 is 0 Å². The first-order valence-electron chi connectivity index (χ1n) is 26.5. The minimum absolute atomic E-state index is 0.0891. The molecule has 0 N–H and O–H groups in total. The zero-order valence-electron chi connectivity index (χ0n) is 42.4. The summed E-state index contributed by atoms with van der Waals surface area (Å²) >= 11 is 0. The molecule has 6 heteroatoms. The second-order valence-corrected chi connectivity index (χ2v) is 17.0. The minimum Gasteiger partial charge on any atom is -0.462 e. The van der Waals surface area contributed by atoms with Crippen LogP contribution >= 0.6 is 0 Å². The predicted octanol–water partition coefficient (Wildman–Crippen LogP) is 17.7. The van der Waals surface area contributed by atoms with Crippen molar-refractivity contribution in [3.8, 4) is 0 Å². The van der Waals surface area contributed by atoms with E-state index < -0.39 is 12.1 Å². The van der Waals surface area contributed by atoms with Crippen LogP contribution in [-0.4, -0.2) is 37.2 Å². The number of carbonyl (C=O) groups excluding carboxylic acids is 3. The van der Waals surface area contributed by atoms with Crippen molar-refractivity contribution in [2.75, 3.05) is 13.2 Å². The molecule has 0 aliphatic heterocycles. The van der Waals surface area contributed by atoms with Crippen molar-refractivity contribution in [3.63, 3.8) is 0 Å². The summed E-state index contributed by atoms with van der Waals surface area (Å²) in [6, 6.07) is 0. The highest BCUT2D eigenvalue weighted by atomic mass is 16.6. The van der Waals surface area contributed by atoms with Gasteiger partial charge in [-0.15, -0.1) is 0 Å². The molecule has 0 heterocycles. The van der Waals surface area contributed by atoms with E-state index in [2.05, 4.69) is 130 Å². The van der Waals surface area contributed by atoms with E-state index >= 15 is 0 Å². The molecule has 0 bridgehead atoms. The average molecular weight is 913 g/mol. The van der Waals surface area contributed by atoms with Gasteiger partial charge < -0.3 is 14.2 Å². The van der Waals surface area contributed by atoms with E-state index in [4.69, 9.17) is 14.2 Å². The molecule has 0 aromatic heterocycles. The third-order valence-corrected chi connectivity index (χ3v) is 10.7. The molecule has 0 radical (unpaired) electrons. The molecule has 0 spiro atoms. The first kappa shape index (κ1) is 61.8. The van der Waals surface area contributed by atoms with Crippen molar-refractivity contribution in [2.45, 2.75) is 226 Å². The SMILES string of the molecule is CC/C=C\C/C=C\C/C=C\C/C=C\C/C=C\CCCCCCCC(=O)OCC(COC(=O)CCCCCCCCCCCCCC)OC(=O)C/C=C\C/C=C\C/C=C\C/C=C\C/C=C\CC. The number of ether oxygens (including phenoxy) is 3. The number of rotatable bonds is 46. The Morgan fingerprint density at radius 2 is 0.636 bits per heavy atom. The molecular weight excluding hydrogens is 817 g/mol. The maximum Gasteiger partial charge on any atom is 0.310 e. The number of unbranched alkanes of at least 4 members (excludes halogenated alkanes) is 16. The summed E-state index contributed by atoms with van der Waals surface area (Å²) in [5.74, 6) is -1.08. The van der Waals surface area contributed by atoms with Crippen LogP contribution in [-0.2, 0) is 28.6 Å². The number of esters is 3. The Bertz CT molecular complexity index is 1420.